The molecule has 1 spiro atoms. The van der Waals surface area contributed by atoms with Crippen molar-refractivity contribution in [1.82, 2.24) is 14.9 Å². The summed E-state index contributed by atoms with van der Waals surface area (Å²) in [5, 5.41) is 19.1. The summed E-state index contributed by atoms with van der Waals surface area (Å²) in [7, 11) is 0. The van der Waals surface area contributed by atoms with Crippen molar-refractivity contribution in [2.24, 2.45) is 5.41 Å². The summed E-state index contributed by atoms with van der Waals surface area (Å²) in [5.41, 5.74) is -0.108. The van der Waals surface area contributed by atoms with Gasteiger partial charge in [0.2, 0.25) is 0 Å². The number of hydrogen-bond acceptors (Lipinski definition) is 6. The molecule has 3 rings (SSSR count). The van der Waals surface area contributed by atoms with Crippen LogP contribution < -0.4 is 0 Å². The normalized spacial score (nSPS) is 28.5. The van der Waals surface area contributed by atoms with Gasteiger partial charge in [-0.05, 0) is 32.0 Å². The van der Waals surface area contributed by atoms with E-state index in [9.17, 15) is 5.11 Å². The predicted octanol–water partition coefficient (Wildman–Crippen LogP) is 0.201. The fraction of sp³-hybridized carbons (Fsp3) is 0.733. The number of aliphatic hydroxyl groups is 2. The van der Waals surface area contributed by atoms with E-state index in [1.807, 2.05) is 6.07 Å². The van der Waals surface area contributed by atoms with Gasteiger partial charge in [0.15, 0.2) is 0 Å². The lowest BCUT2D eigenvalue weighted by molar-refractivity contribution is -0.213. The molecule has 1 saturated carbocycles. The zero-order valence-electron chi connectivity index (χ0n) is 12.2. The molecule has 2 N–H and O–H groups in total. The number of aromatic nitrogens is 2. The molecule has 116 valence electrons. The van der Waals surface area contributed by atoms with E-state index in [2.05, 4.69) is 14.9 Å². The fourth-order valence-corrected chi connectivity index (χ4v) is 3.55. The summed E-state index contributed by atoms with van der Waals surface area (Å²) in [6.45, 7) is 3.01. The molecule has 0 amide bonds. The van der Waals surface area contributed by atoms with Crippen LogP contribution in [-0.4, -0.2) is 63.6 Å². The van der Waals surface area contributed by atoms with Gasteiger partial charge in [-0.25, -0.2) is 9.97 Å². The van der Waals surface area contributed by atoms with Crippen LogP contribution in [0.25, 0.3) is 0 Å². The van der Waals surface area contributed by atoms with Crippen LogP contribution in [0.4, 0.5) is 0 Å². The molecule has 1 aromatic rings. The molecule has 1 aliphatic heterocycles. The number of aliphatic hydroxyl groups excluding tert-OH is 2. The largest absolute Gasteiger partial charge is 0.394 e. The lowest BCUT2D eigenvalue weighted by Crippen LogP contribution is -2.62. The van der Waals surface area contributed by atoms with Crippen LogP contribution in [0.3, 0.4) is 0 Å². The first-order chi connectivity index (χ1) is 10.2. The average molecular weight is 293 g/mol. The second-order valence-corrected chi connectivity index (χ2v) is 6.01. The molecular formula is C15H23N3O3. The summed E-state index contributed by atoms with van der Waals surface area (Å²) in [6, 6.07) is 1.82. The highest BCUT2D eigenvalue weighted by atomic mass is 16.5. The molecule has 2 aliphatic rings. The third kappa shape index (κ3) is 2.94. The molecule has 2 fully saturated rings. The van der Waals surface area contributed by atoms with E-state index in [0.29, 0.717) is 13.0 Å². The molecule has 1 aliphatic carbocycles. The molecule has 21 heavy (non-hydrogen) atoms. The number of hydrogen-bond donors (Lipinski definition) is 2. The standard InChI is InChI=1S/C15H23N3O3/c19-8-9-21-13-10-12(20)15(13)2-6-18(7-3-15)11-14-16-4-1-5-17-14/h1,4-5,12-13,19-20H,2-3,6-11H2/t12-,13+/m1/s1. The van der Waals surface area contributed by atoms with E-state index in [0.717, 1.165) is 38.3 Å². The molecule has 0 bridgehead atoms. The number of ether oxygens (including phenoxy) is 1. The van der Waals surface area contributed by atoms with Crippen molar-refractivity contribution in [3.05, 3.63) is 24.3 Å². The van der Waals surface area contributed by atoms with Gasteiger partial charge in [0, 0.05) is 24.2 Å². The number of likely N-dealkylation sites (tertiary alicyclic amines) is 1. The first-order valence-corrected chi connectivity index (χ1v) is 7.63. The van der Waals surface area contributed by atoms with E-state index in [4.69, 9.17) is 9.84 Å². The van der Waals surface area contributed by atoms with E-state index >= 15 is 0 Å². The van der Waals surface area contributed by atoms with Gasteiger partial charge in [0.25, 0.3) is 0 Å². The Kier molecular flexibility index (Phi) is 4.49. The first kappa shape index (κ1) is 14.8. The topological polar surface area (TPSA) is 78.7 Å². The highest BCUT2D eigenvalue weighted by molar-refractivity contribution is 5.06. The molecular weight excluding hydrogens is 270 g/mol. The summed E-state index contributed by atoms with van der Waals surface area (Å²) in [5.74, 6) is 0.843. The Morgan fingerprint density at radius 1 is 1.29 bits per heavy atom. The van der Waals surface area contributed by atoms with Gasteiger partial charge in [-0.2, -0.15) is 0 Å². The average Bonchev–Trinajstić information content (AvgIpc) is 2.53. The van der Waals surface area contributed by atoms with E-state index in [-0.39, 0.29) is 24.2 Å². The smallest absolute Gasteiger partial charge is 0.142 e. The SMILES string of the molecule is OCCO[C@H]1C[C@@H](O)C12CCN(Cc1ncccn1)CC2. The quantitative estimate of drug-likeness (QED) is 0.807. The van der Waals surface area contributed by atoms with E-state index in [1.54, 1.807) is 12.4 Å². The molecule has 0 aromatic carbocycles. The van der Waals surface area contributed by atoms with Crippen LogP contribution in [0.5, 0.6) is 0 Å². The van der Waals surface area contributed by atoms with Gasteiger partial charge < -0.3 is 14.9 Å². The zero-order chi connectivity index (χ0) is 14.7. The Balaban J connectivity index is 1.54. The van der Waals surface area contributed by atoms with Crippen molar-refractivity contribution >= 4 is 0 Å². The van der Waals surface area contributed by atoms with Gasteiger partial charge in [0.05, 0.1) is 32.0 Å². The summed E-state index contributed by atoms with van der Waals surface area (Å²) in [4.78, 5) is 10.8. The van der Waals surface area contributed by atoms with Crippen LogP contribution in [0.1, 0.15) is 25.1 Å². The van der Waals surface area contributed by atoms with Gasteiger partial charge in [-0.15, -0.1) is 0 Å². The van der Waals surface area contributed by atoms with Crippen molar-refractivity contribution in [1.29, 1.82) is 0 Å². The van der Waals surface area contributed by atoms with Crippen LogP contribution >= 0.6 is 0 Å². The number of nitrogens with zero attached hydrogens (tertiary/aromatic N) is 3. The van der Waals surface area contributed by atoms with E-state index < -0.39 is 0 Å². The second-order valence-electron chi connectivity index (χ2n) is 6.01. The van der Waals surface area contributed by atoms with Crippen LogP contribution in [-0.2, 0) is 11.3 Å². The van der Waals surface area contributed by atoms with Gasteiger partial charge in [-0.3, -0.25) is 4.90 Å². The summed E-state index contributed by atoms with van der Waals surface area (Å²) < 4.78 is 5.69. The Morgan fingerprint density at radius 3 is 2.62 bits per heavy atom. The van der Waals surface area contributed by atoms with Crippen molar-refractivity contribution < 1.29 is 14.9 Å². The minimum absolute atomic E-state index is 0.0418. The minimum Gasteiger partial charge on any atom is -0.394 e. The molecule has 1 saturated heterocycles. The minimum atomic E-state index is -0.267. The lowest BCUT2D eigenvalue weighted by atomic mass is 9.58. The summed E-state index contributed by atoms with van der Waals surface area (Å²) >= 11 is 0. The highest BCUT2D eigenvalue weighted by Crippen LogP contribution is 2.50. The van der Waals surface area contributed by atoms with Gasteiger partial charge in [-0.1, -0.05) is 0 Å². The Bertz CT molecular complexity index is 449. The number of rotatable bonds is 5. The van der Waals surface area contributed by atoms with Crippen LogP contribution in [0, 0.1) is 5.41 Å². The molecule has 6 nitrogen and oxygen atoms in total. The fourth-order valence-electron chi connectivity index (χ4n) is 3.55. The first-order valence-electron chi connectivity index (χ1n) is 7.63. The van der Waals surface area contributed by atoms with E-state index in [1.165, 1.54) is 0 Å². The molecule has 2 heterocycles. The van der Waals surface area contributed by atoms with Gasteiger partial charge in [0.1, 0.15) is 5.82 Å². The van der Waals surface area contributed by atoms with Crippen LogP contribution in [0.2, 0.25) is 0 Å². The molecule has 0 radical (unpaired) electrons. The molecule has 2 atom stereocenters. The molecule has 1 aromatic heterocycles. The van der Waals surface area contributed by atoms with Crippen molar-refractivity contribution in [3.8, 4) is 0 Å². The zero-order valence-corrected chi connectivity index (χ0v) is 12.2. The van der Waals surface area contributed by atoms with Gasteiger partial charge >= 0.3 is 0 Å². The maximum absolute atomic E-state index is 10.2. The second kappa shape index (κ2) is 6.36. The van der Waals surface area contributed by atoms with Crippen LogP contribution in [0.15, 0.2) is 18.5 Å². The molecule has 0 unspecified atom stereocenters. The lowest BCUT2D eigenvalue weighted by Gasteiger charge is -2.56. The Hall–Kier alpha value is -1.08. The third-order valence-corrected chi connectivity index (χ3v) is 4.92. The molecule has 6 heteroatoms. The predicted molar refractivity (Wildman–Crippen MR) is 76.4 cm³/mol. The monoisotopic (exact) mass is 293 g/mol. The van der Waals surface area contributed by atoms with Crippen molar-refractivity contribution in [3.63, 3.8) is 0 Å². The van der Waals surface area contributed by atoms with Crippen molar-refractivity contribution in [2.75, 3.05) is 26.3 Å². The Labute approximate surface area is 124 Å². The number of piperidine rings is 1. The Morgan fingerprint density at radius 2 is 2.00 bits per heavy atom. The van der Waals surface area contributed by atoms with Crippen molar-refractivity contribution in [2.45, 2.75) is 38.0 Å². The highest BCUT2D eigenvalue weighted by Gasteiger charge is 2.56. The third-order valence-electron chi connectivity index (χ3n) is 4.92. The summed E-state index contributed by atoms with van der Waals surface area (Å²) in [6.07, 6.45) is 5.91. The maximum atomic E-state index is 10.2. The maximum Gasteiger partial charge on any atom is 0.142 e.